The fourth-order valence-electron chi connectivity index (χ4n) is 2.05. The molecule has 1 aliphatic rings. The number of thiazole rings is 1. The zero-order valence-electron chi connectivity index (χ0n) is 11.4. The fraction of sp³-hybridized carbons (Fsp3) is 0.769. The first kappa shape index (κ1) is 13.9. The molecule has 0 radical (unpaired) electrons. The largest absolute Gasteiger partial charge is 0.378 e. The van der Waals surface area contributed by atoms with Crippen LogP contribution in [0.3, 0.4) is 0 Å². The van der Waals surface area contributed by atoms with Gasteiger partial charge in [-0.15, -0.1) is 11.3 Å². The van der Waals surface area contributed by atoms with Crippen molar-refractivity contribution >= 4 is 11.3 Å². The third kappa shape index (κ3) is 3.29. The molecular weight excluding hydrogens is 248 g/mol. The smallest absolute Gasteiger partial charge is 0.122 e. The highest BCUT2D eigenvalue weighted by Crippen LogP contribution is 2.44. The van der Waals surface area contributed by atoms with Gasteiger partial charge in [-0.1, -0.05) is 6.92 Å². The van der Waals surface area contributed by atoms with Crippen LogP contribution in [0.25, 0.3) is 0 Å². The van der Waals surface area contributed by atoms with Crippen LogP contribution in [0, 0.1) is 5.92 Å². The van der Waals surface area contributed by atoms with Crippen molar-refractivity contribution in [3.63, 3.8) is 0 Å². The van der Waals surface area contributed by atoms with Crippen LogP contribution in [-0.2, 0) is 22.6 Å². The van der Waals surface area contributed by atoms with Gasteiger partial charge in [0.25, 0.3) is 0 Å². The summed E-state index contributed by atoms with van der Waals surface area (Å²) >= 11 is 1.76. The summed E-state index contributed by atoms with van der Waals surface area (Å²) in [5.41, 5.74) is 1.06. The van der Waals surface area contributed by atoms with Crippen molar-refractivity contribution in [2.75, 3.05) is 20.8 Å². The zero-order valence-corrected chi connectivity index (χ0v) is 12.2. The summed E-state index contributed by atoms with van der Waals surface area (Å²) < 4.78 is 10.8. The van der Waals surface area contributed by atoms with E-state index < -0.39 is 0 Å². The second kappa shape index (κ2) is 6.61. The molecule has 1 fully saturated rings. The van der Waals surface area contributed by atoms with E-state index >= 15 is 0 Å². The highest BCUT2D eigenvalue weighted by Gasteiger charge is 2.34. The van der Waals surface area contributed by atoms with E-state index in [1.54, 1.807) is 25.6 Å². The highest BCUT2D eigenvalue weighted by atomic mass is 32.1. The summed E-state index contributed by atoms with van der Waals surface area (Å²) in [4.78, 5) is 5.99. The third-order valence-corrected chi connectivity index (χ3v) is 4.32. The standard InChI is InChI=1S/C13H22N2O2S/c1-4-14-7-11-10(8-16-2)15-13(18-11)12(17-3)9-5-6-9/h9,12,14H,4-8H2,1-3H3. The molecule has 1 heterocycles. The van der Waals surface area contributed by atoms with Crippen molar-refractivity contribution < 1.29 is 9.47 Å². The van der Waals surface area contributed by atoms with Crippen molar-refractivity contribution in [1.29, 1.82) is 0 Å². The molecule has 1 atom stereocenters. The van der Waals surface area contributed by atoms with Gasteiger partial charge >= 0.3 is 0 Å². The zero-order chi connectivity index (χ0) is 13.0. The van der Waals surface area contributed by atoms with Crippen LogP contribution in [0.1, 0.15) is 41.4 Å². The van der Waals surface area contributed by atoms with Gasteiger partial charge in [-0.2, -0.15) is 0 Å². The summed E-state index contributed by atoms with van der Waals surface area (Å²) in [6.45, 7) is 4.53. The average Bonchev–Trinajstić information content (AvgIpc) is 3.12. The lowest BCUT2D eigenvalue weighted by atomic mass is 10.2. The van der Waals surface area contributed by atoms with Gasteiger partial charge in [-0.3, -0.25) is 0 Å². The lowest BCUT2D eigenvalue weighted by Gasteiger charge is -2.10. The van der Waals surface area contributed by atoms with Crippen LogP contribution >= 0.6 is 11.3 Å². The number of rotatable bonds is 8. The molecule has 1 aromatic rings. The average molecular weight is 270 g/mol. The first-order valence-corrected chi connectivity index (χ1v) is 7.32. The number of nitrogens with one attached hydrogen (secondary N) is 1. The minimum atomic E-state index is 0.181. The van der Waals surface area contributed by atoms with Gasteiger partial charge in [0, 0.05) is 25.6 Å². The maximum atomic E-state index is 5.60. The Morgan fingerprint density at radius 1 is 1.44 bits per heavy atom. The van der Waals surface area contributed by atoms with Crippen molar-refractivity contribution in [3.8, 4) is 0 Å². The second-order valence-corrected chi connectivity index (χ2v) is 5.74. The molecule has 4 nitrogen and oxygen atoms in total. The van der Waals surface area contributed by atoms with E-state index in [1.165, 1.54) is 17.7 Å². The predicted octanol–water partition coefficient (Wildman–Crippen LogP) is 2.50. The molecule has 1 N–H and O–H groups in total. The van der Waals surface area contributed by atoms with Crippen LogP contribution in [0.4, 0.5) is 0 Å². The molecule has 0 spiro atoms. The lowest BCUT2D eigenvalue weighted by Crippen LogP contribution is -2.12. The van der Waals surface area contributed by atoms with E-state index in [-0.39, 0.29) is 6.10 Å². The van der Waals surface area contributed by atoms with Crippen molar-refractivity contribution in [2.45, 2.75) is 39.0 Å². The molecule has 2 rings (SSSR count). The number of ether oxygens (including phenoxy) is 2. The maximum absolute atomic E-state index is 5.60. The van der Waals surface area contributed by atoms with E-state index in [4.69, 9.17) is 14.5 Å². The molecule has 0 aliphatic heterocycles. The Morgan fingerprint density at radius 2 is 2.22 bits per heavy atom. The van der Waals surface area contributed by atoms with E-state index in [1.807, 2.05) is 0 Å². The van der Waals surface area contributed by atoms with Gasteiger partial charge < -0.3 is 14.8 Å². The predicted molar refractivity (Wildman–Crippen MR) is 72.7 cm³/mol. The van der Waals surface area contributed by atoms with Crippen LogP contribution in [0.2, 0.25) is 0 Å². The van der Waals surface area contributed by atoms with Crippen molar-refractivity contribution in [3.05, 3.63) is 15.6 Å². The summed E-state index contributed by atoms with van der Waals surface area (Å²) in [5.74, 6) is 0.670. The Bertz CT molecular complexity index is 377. The summed E-state index contributed by atoms with van der Waals surface area (Å²) in [6, 6.07) is 0. The molecule has 18 heavy (non-hydrogen) atoms. The number of aromatic nitrogens is 1. The Hall–Kier alpha value is -0.490. The highest BCUT2D eigenvalue weighted by molar-refractivity contribution is 7.11. The maximum Gasteiger partial charge on any atom is 0.122 e. The van der Waals surface area contributed by atoms with Crippen molar-refractivity contribution in [2.24, 2.45) is 5.92 Å². The normalized spacial score (nSPS) is 17.1. The number of nitrogens with zero attached hydrogens (tertiary/aromatic N) is 1. The quantitative estimate of drug-likeness (QED) is 0.788. The topological polar surface area (TPSA) is 43.4 Å². The van der Waals surface area contributed by atoms with Crippen molar-refractivity contribution in [1.82, 2.24) is 10.3 Å². The van der Waals surface area contributed by atoms with E-state index in [2.05, 4.69) is 12.2 Å². The Balaban J connectivity index is 2.14. The van der Waals surface area contributed by atoms with Crippen LogP contribution < -0.4 is 5.32 Å². The molecule has 102 valence electrons. The molecular formula is C13H22N2O2S. The summed E-state index contributed by atoms with van der Waals surface area (Å²) in [7, 11) is 3.50. The van der Waals surface area contributed by atoms with Gasteiger partial charge in [0.15, 0.2) is 0 Å². The molecule has 1 aliphatic carbocycles. The number of methoxy groups -OCH3 is 2. The van der Waals surface area contributed by atoms with Gasteiger partial charge in [0.2, 0.25) is 0 Å². The molecule has 0 bridgehead atoms. The summed E-state index contributed by atoms with van der Waals surface area (Å²) in [6.07, 6.45) is 2.71. The number of hydrogen-bond donors (Lipinski definition) is 1. The summed E-state index contributed by atoms with van der Waals surface area (Å²) in [5, 5.41) is 4.46. The first-order valence-electron chi connectivity index (χ1n) is 6.51. The van der Waals surface area contributed by atoms with Gasteiger partial charge in [-0.05, 0) is 25.3 Å². The van der Waals surface area contributed by atoms with Gasteiger partial charge in [-0.25, -0.2) is 4.98 Å². The third-order valence-electron chi connectivity index (χ3n) is 3.16. The van der Waals surface area contributed by atoms with E-state index in [0.29, 0.717) is 12.5 Å². The van der Waals surface area contributed by atoms with Gasteiger partial charge in [0.05, 0.1) is 12.3 Å². The molecule has 0 amide bonds. The van der Waals surface area contributed by atoms with E-state index in [9.17, 15) is 0 Å². The minimum Gasteiger partial charge on any atom is -0.378 e. The molecule has 1 unspecified atom stereocenters. The lowest BCUT2D eigenvalue weighted by molar-refractivity contribution is 0.0839. The molecule has 5 heteroatoms. The SMILES string of the molecule is CCNCc1sc(C(OC)C2CC2)nc1COC. The second-order valence-electron chi connectivity index (χ2n) is 4.63. The first-order chi connectivity index (χ1) is 8.80. The minimum absolute atomic E-state index is 0.181. The van der Waals surface area contributed by atoms with Crippen LogP contribution in [0.5, 0.6) is 0 Å². The van der Waals surface area contributed by atoms with Crippen LogP contribution in [-0.4, -0.2) is 25.7 Å². The molecule has 0 aromatic carbocycles. The fourth-order valence-corrected chi connectivity index (χ4v) is 3.25. The molecule has 1 aromatic heterocycles. The van der Waals surface area contributed by atoms with Crippen LogP contribution in [0.15, 0.2) is 0 Å². The Kier molecular flexibility index (Phi) is 5.12. The molecule has 1 saturated carbocycles. The Morgan fingerprint density at radius 3 is 2.78 bits per heavy atom. The monoisotopic (exact) mass is 270 g/mol. The Labute approximate surface area is 113 Å². The van der Waals surface area contributed by atoms with Gasteiger partial charge in [0.1, 0.15) is 11.1 Å². The van der Waals surface area contributed by atoms with E-state index in [0.717, 1.165) is 23.8 Å². The molecule has 0 saturated heterocycles. The number of hydrogen-bond acceptors (Lipinski definition) is 5.